The normalized spacial score (nSPS) is 10.7. The number of nitrogens with two attached hydrogens (primary N) is 1. The highest BCUT2D eigenvalue weighted by atomic mass is 19.1. The van der Waals surface area contributed by atoms with Crippen molar-refractivity contribution in [1.82, 2.24) is 9.97 Å². The molecule has 0 spiro atoms. The Balaban J connectivity index is 2.19. The standard InChI is InChI=1S/C15H18F2N4/c1-3-4-13-20-14(18)9(2)15(21-13)19-8-10-5-6-11(16)7-12(10)17/h5-7H,3-4,8H2,1-2H3,(H3,18,19,20,21). The van der Waals surface area contributed by atoms with Gasteiger partial charge in [-0.15, -0.1) is 0 Å². The number of nitrogens with one attached hydrogen (secondary N) is 1. The highest BCUT2D eigenvalue weighted by Crippen LogP contribution is 2.19. The van der Waals surface area contributed by atoms with Gasteiger partial charge in [0, 0.05) is 30.2 Å². The third-order valence-electron chi connectivity index (χ3n) is 3.16. The number of aromatic nitrogens is 2. The van der Waals surface area contributed by atoms with Crippen LogP contribution >= 0.6 is 0 Å². The van der Waals surface area contributed by atoms with Crippen molar-refractivity contribution in [2.75, 3.05) is 11.1 Å². The Labute approximate surface area is 122 Å². The Hall–Kier alpha value is -2.24. The van der Waals surface area contributed by atoms with Crippen LogP contribution in [-0.2, 0) is 13.0 Å². The summed E-state index contributed by atoms with van der Waals surface area (Å²) < 4.78 is 26.5. The maximum absolute atomic E-state index is 13.6. The smallest absolute Gasteiger partial charge is 0.135 e. The van der Waals surface area contributed by atoms with Gasteiger partial charge in [0.2, 0.25) is 0 Å². The molecule has 0 saturated carbocycles. The molecule has 2 rings (SSSR count). The van der Waals surface area contributed by atoms with Gasteiger partial charge in [0.05, 0.1) is 0 Å². The van der Waals surface area contributed by atoms with Gasteiger partial charge in [-0.05, 0) is 19.4 Å². The van der Waals surface area contributed by atoms with Crippen molar-refractivity contribution in [2.45, 2.75) is 33.2 Å². The van der Waals surface area contributed by atoms with Gasteiger partial charge in [-0.3, -0.25) is 0 Å². The van der Waals surface area contributed by atoms with E-state index in [1.165, 1.54) is 12.1 Å². The molecule has 1 heterocycles. The van der Waals surface area contributed by atoms with Crippen LogP contribution in [0.3, 0.4) is 0 Å². The van der Waals surface area contributed by atoms with Crippen LogP contribution in [0.5, 0.6) is 0 Å². The highest BCUT2D eigenvalue weighted by molar-refractivity contribution is 5.55. The molecule has 1 aromatic heterocycles. The van der Waals surface area contributed by atoms with Gasteiger partial charge < -0.3 is 11.1 Å². The second-order valence-corrected chi connectivity index (χ2v) is 4.84. The van der Waals surface area contributed by atoms with Gasteiger partial charge in [-0.1, -0.05) is 13.0 Å². The van der Waals surface area contributed by atoms with Crippen LogP contribution in [0, 0.1) is 18.6 Å². The first-order valence-electron chi connectivity index (χ1n) is 6.82. The molecule has 0 saturated heterocycles. The van der Waals surface area contributed by atoms with E-state index in [0.717, 1.165) is 24.5 Å². The zero-order valence-corrected chi connectivity index (χ0v) is 12.1. The molecule has 4 nitrogen and oxygen atoms in total. The Bertz CT molecular complexity index is 644. The minimum Gasteiger partial charge on any atom is -0.383 e. The number of benzene rings is 1. The summed E-state index contributed by atoms with van der Waals surface area (Å²) in [7, 11) is 0. The van der Waals surface area contributed by atoms with Crippen molar-refractivity contribution in [3.05, 3.63) is 46.8 Å². The van der Waals surface area contributed by atoms with E-state index in [-0.39, 0.29) is 6.54 Å². The zero-order chi connectivity index (χ0) is 15.4. The van der Waals surface area contributed by atoms with Gasteiger partial charge in [0.15, 0.2) is 0 Å². The van der Waals surface area contributed by atoms with Crippen LogP contribution in [0.2, 0.25) is 0 Å². The summed E-state index contributed by atoms with van der Waals surface area (Å²) in [5.74, 6) is 0.466. The van der Waals surface area contributed by atoms with Crippen molar-refractivity contribution in [3.63, 3.8) is 0 Å². The molecule has 112 valence electrons. The van der Waals surface area contributed by atoms with E-state index in [0.29, 0.717) is 23.0 Å². The number of anilines is 2. The largest absolute Gasteiger partial charge is 0.383 e. The lowest BCUT2D eigenvalue weighted by molar-refractivity contribution is 0.574. The van der Waals surface area contributed by atoms with Gasteiger partial charge in [0.1, 0.15) is 29.1 Å². The van der Waals surface area contributed by atoms with Gasteiger partial charge in [-0.2, -0.15) is 0 Å². The number of nitrogen functional groups attached to an aromatic ring is 1. The number of rotatable bonds is 5. The Morgan fingerprint density at radius 1 is 1.24 bits per heavy atom. The molecule has 0 radical (unpaired) electrons. The molecule has 0 atom stereocenters. The predicted octanol–water partition coefficient (Wildman–Crippen LogP) is 3.21. The maximum atomic E-state index is 13.6. The van der Waals surface area contributed by atoms with Crippen molar-refractivity contribution < 1.29 is 8.78 Å². The van der Waals surface area contributed by atoms with E-state index in [2.05, 4.69) is 15.3 Å². The molecule has 0 aliphatic carbocycles. The lowest BCUT2D eigenvalue weighted by Crippen LogP contribution is -2.10. The van der Waals surface area contributed by atoms with Crippen LogP contribution in [-0.4, -0.2) is 9.97 Å². The van der Waals surface area contributed by atoms with Crippen LogP contribution in [0.4, 0.5) is 20.4 Å². The molecule has 0 aliphatic heterocycles. The molecule has 2 aromatic rings. The second-order valence-electron chi connectivity index (χ2n) is 4.84. The monoisotopic (exact) mass is 292 g/mol. The van der Waals surface area contributed by atoms with Crippen LogP contribution in [0.1, 0.15) is 30.3 Å². The second kappa shape index (κ2) is 6.47. The van der Waals surface area contributed by atoms with Gasteiger partial charge >= 0.3 is 0 Å². The molecule has 3 N–H and O–H groups in total. The summed E-state index contributed by atoms with van der Waals surface area (Å²) in [4.78, 5) is 8.60. The first kappa shape index (κ1) is 15.2. The van der Waals surface area contributed by atoms with E-state index in [1.807, 2.05) is 6.92 Å². The molecular formula is C15H18F2N4. The molecule has 0 amide bonds. The number of nitrogens with zero attached hydrogens (tertiary/aromatic N) is 2. The van der Waals surface area contributed by atoms with E-state index in [4.69, 9.17) is 5.73 Å². The fourth-order valence-electron chi connectivity index (χ4n) is 1.93. The summed E-state index contributed by atoms with van der Waals surface area (Å²) >= 11 is 0. The van der Waals surface area contributed by atoms with Gasteiger partial charge in [-0.25, -0.2) is 18.7 Å². The third kappa shape index (κ3) is 3.65. The van der Waals surface area contributed by atoms with E-state index < -0.39 is 11.6 Å². The van der Waals surface area contributed by atoms with E-state index >= 15 is 0 Å². The summed E-state index contributed by atoms with van der Waals surface area (Å²) in [6.45, 7) is 4.03. The minimum absolute atomic E-state index is 0.203. The third-order valence-corrected chi connectivity index (χ3v) is 3.16. The van der Waals surface area contributed by atoms with E-state index in [1.54, 1.807) is 6.92 Å². The molecule has 0 fully saturated rings. The molecule has 0 unspecified atom stereocenters. The number of hydrogen-bond acceptors (Lipinski definition) is 4. The molecular weight excluding hydrogens is 274 g/mol. The fourth-order valence-corrected chi connectivity index (χ4v) is 1.93. The van der Waals surface area contributed by atoms with Crippen LogP contribution in [0.15, 0.2) is 18.2 Å². The lowest BCUT2D eigenvalue weighted by atomic mass is 10.2. The summed E-state index contributed by atoms with van der Waals surface area (Å²) in [5.41, 5.74) is 6.94. The van der Waals surface area contributed by atoms with Crippen LogP contribution < -0.4 is 11.1 Å². The highest BCUT2D eigenvalue weighted by Gasteiger charge is 2.10. The Kier molecular flexibility index (Phi) is 4.67. The summed E-state index contributed by atoms with van der Waals surface area (Å²) in [6, 6.07) is 3.50. The SMILES string of the molecule is CCCc1nc(N)c(C)c(NCc2ccc(F)cc2F)n1. The topological polar surface area (TPSA) is 63.8 Å². The molecule has 0 bridgehead atoms. The first-order chi connectivity index (χ1) is 10.0. The molecule has 0 aliphatic rings. The zero-order valence-electron chi connectivity index (χ0n) is 12.1. The summed E-state index contributed by atoms with van der Waals surface area (Å²) in [6.07, 6.45) is 1.64. The average molecular weight is 292 g/mol. The molecule has 21 heavy (non-hydrogen) atoms. The van der Waals surface area contributed by atoms with Crippen molar-refractivity contribution in [2.24, 2.45) is 0 Å². The molecule has 1 aromatic carbocycles. The number of hydrogen-bond donors (Lipinski definition) is 2. The average Bonchev–Trinajstić information content (AvgIpc) is 2.43. The van der Waals surface area contributed by atoms with Crippen LogP contribution in [0.25, 0.3) is 0 Å². The number of halogens is 2. The first-order valence-corrected chi connectivity index (χ1v) is 6.82. The number of aryl methyl sites for hydroxylation is 1. The molecule has 6 heteroatoms. The van der Waals surface area contributed by atoms with Crippen molar-refractivity contribution in [1.29, 1.82) is 0 Å². The predicted molar refractivity (Wildman–Crippen MR) is 78.9 cm³/mol. The van der Waals surface area contributed by atoms with Crippen molar-refractivity contribution in [3.8, 4) is 0 Å². The van der Waals surface area contributed by atoms with E-state index in [9.17, 15) is 8.78 Å². The van der Waals surface area contributed by atoms with Crippen molar-refractivity contribution >= 4 is 11.6 Å². The van der Waals surface area contributed by atoms with Gasteiger partial charge in [0.25, 0.3) is 0 Å². The Morgan fingerprint density at radius 3 is 2.67 bits per heavy atom. The quantitative estimate of drug-likeness (QED) is 0.888. The Morgan fingerprint density at radius 2 is 2.00 bits per heavy atom. The fraction of sp³-hybridized carbons (Fsp3) is 0.333. The minimum atomic E-state index is -0.594. The summed E-state index contributed by atoms with van der Waals surface area (Å²) in [5, 5.41) is 3.04. The maximum Gasteiger partial charge on any atom is 0.135 e. The lowest BCUT2D eigenvalue weighted by Gasteiger charge is -2.12.